The molecular weight excluding hydrogens is 355 g/mol. The summed E-state index contributed by atoms with van der Waals surface area (Å²) in [5.74, 6) is 0. The molecule has 2 rings (SSSR count). The van der Waals surface area contributed by atoms with Gasteiger partial charge in [0.05, 0.1) is 3.57 Å². The van der Waals surface area contributed by atoms with Crippen LogP contribution in [-0.2, 0) is 13.0 Å². The van der Waals surface area contributed by atoms with E-state index in [1.165, 1.54) is 5.56 Å². The number of hydrogen-bond acceptors (Lipinski definition) is 2. The summed E-state index contributed by atoms with van der Waals surface area (Å²) in [4.78, 5) is 25.1. The van der Waals surface area contributed by atoms with Gasteiger partial charge in [0.25, 0.3) is 5.56 Å². The van der Waals surface area contributed by atoms with E-state index in [0.29, 0.717) is 10.1 Å². The van der Waals surface area contributed by atoms with E-state index >= 15 is 0 Å². The van der Waals surface area contributed by atoms with E-state index in [1.54, 1.807) is 10.8 Å². The minimum Gasteiger partial charge on any atom is -0.300 e. The number of aromatic amines is 1. The zero-order chi connectivity index (χ0) is 13.7. The van der Waals surface area contributed by atoms with E-state index < -0.39 is 0 Å². The van der Waals surface area contributed by atoms with Crippen LogP contribution in [0.15, 0.2) is 46.1 Å². The van der Waals surface area contributed by atoms with Crippen LogP contribution in [0.3, 0.4) is 0 Å². The lowest BCUT2D eigenvalue weighted by Crippen LogP contribution is -2.31. The number of nitrogens with zero attached hydrogens (tertiary/aromatic N) is 1. The van der Waals surface area contributed by atoms with Crippen LogP contribution in [0.2, 0.25) is 0 Å². The molecule has 4 nitrogen and oxygen atoms in total. The number of rotatable bonds is 5. The zero-order valence-corrected chi connectivity index (χ0v) is 12.6. The largest absolute Gasteiger partial charge is 0.328 e. The van der Waals surface area contributed by atoms with Crippen molar-refractivity contribution in [3.8, 4) is 0 Å². The maximum absolute atomic E-state index is 11.6. The van der Waals surface area contributed by atoms with Crippen molar-refractivity contribution in [3.63, 3.8) is 0 Å². The monoisotopic (exact) mass is 370 g/mol. The second kappa shape index (κ2) is 6.70. The van der Waals surface area contributed by atoms with Gasteiger partial charge in [-0.25, -0.2) is 4.79 Å². The van der Waals surface area contributed by atoms with Gasteiger partial charge in [-0.05, 0) is 47.4 Å². The molecule has 0 aliphatic carbocycles. The Hall–Kier alpha value is -1.37. The van der Waals surface area contributed by atoms with Crippen molar-refractivity contribution in [2.24, 2.45) is 0 Å². The number of aromatic nitrogens is 2. The van der Waals surface area contributed by atoms with Crippen LogP contribution in [0.5, 0.6) is 0 Å². The van der Waals surface area contributed by atoms with Gasteiger partial charge in [-0.3, -0.25) is 14.3 Å². The first-order valence-corrected chi connectivity index (χ1v) is 7.28. The maximum Gasteiger partial charge on any atom is 0.328 e. The fourth-order valence-corrected chi connectivity index (χ4v) is 2.38. The minimum atomic E-state index is -0.329. The van der Waals surface area contributed by atoms with E-state index in [1.807, 2.05) is 40.8 Å². The highest BCUT2D eigenvalue weighted by molar-refractivity contribution is 14.1. The van der Waals surface area contributed by atoms with Gasteiger partial charge in [0.2, 0.25) is 0 Å². The number of unbranched alkanes of at least 4 members (excludes halogenated alkanes) is 1. The van der Waals surface area contributed by atoms with Crippen LogP contribution in [0, 0.1) is 3.57 Å². The van der Waals surface area contributed by atoms with Gasteiger partial charge in [-0.1, -0.05) is 30.3 Å². The van der Waals surface area contributed by atoms with Crippen LogP contribution in [0.1, 0.15) is 18.4 Å². The van der Waals surface area contributed by atoms with E-state index in [2.05, 4.69) is 17.1 Å². The van der Waals surface area contributed by atoms with Crippen molar-refractivity contribution >= 4 is 22.6 Å². The van der Waals surface area contributed by atoms with Crippen molar-refractivity contribution in [2.75, 3.05) is 0 Å². The first-order valence-electron chi connectivity index (χ1n) is 6.20. The van der Waals surface area contributed by atoms with Crippen LogP contribution < -0.4 is 11.2 Å². The van der Waals surface area contributed by atoms with E-state index in [4.69, 9.17) is 0 Å². The van der Waals surface area contributed by atoms with Crippen LogP contribution in [0.25, 0.3) is 0 Å². The molecule has 1 aromatic heterocycles. The fraction of sp³-hybridized carbons (Fsp3) is 0.286. The number of hydrogen-bond donors (Lipinski definition) is 1. The molecule has 0 saturated carbocycles. The molecule has 100 valence electrons. The molecule has 1 N–H and O–H groups in total. The molecule has 0 radical (unpaired) electrons. The Labute approximate surface area is 124 Å². The van der Waals surface area contributed by atoms with Crippen molar-refractivity contribution in [1.82, 2.24) is 9.55 Å². The standard InChI is InChI=1S/C14H15IN2O2/c15-12-10-17(14(19)16-13(12)18)9-5-4-8-11-6-2-1-3-7-11/h1-3,6-7,10H,4-5,8-9H2,(H,16,18,19). The van der Waals surface area contributed by atoms with E-state index in [9.17, 15) is 9.59 Å². The van der Waals surface area contributed by atoms with Gasteiger partial charge in [0.1, 0.15) is 0 Å². The van der Waals surface area contributed by atoms with Gasteiger partial charge < -0.3 is 0 Å². The predicted molar refractivity (Wildman–Crippen MR) is 83.4 cm³/mol. The second-order valence-corrected chi connectivity index (χ2v) is 5.53. The summed E-state index contributed by atoms with van der Waals surface area (Å²) in [5, 5.41) is 0. The van der Waals surface area contributed by atoms with Gasteiger partial charge in [0, 0.05) is 12.7 Å². The van der Waals surface area contributed by atoms with Gasteiger partial charge in [-0.2, -0.15) is 0 Å². The van der Waals surface area contributed by atoms with Crippen molar-refractivity contribution in [3.05, 3.63) is 66.5 Å². The fourth-order valence-electron chi connectivity index (χ4n) is 1.90. The highest BCUT2D eigenvalue weighted by atomic mass is 127. The molecule has 0 saturated heterocycles. The van der Waals surface area contributed by atoms with Crippen LogP contribution in [0.4, 0.5) is 0 Å². The molecule has 0 amide bonds. The molecular formula is C14H15IN2O2. The maximum atomic E-state index is 11.6. The van der Waals surface area contributed by atoms with Crippen LogP contribution >= 0.6 is 22.6 Å². The zero-order valence-electron chi connectivity index (χ0n) is 10.4. The summed E-state index contributed by atoms with van der Waals surface area (Å²) in [6.07, 6.45) is 4.56. The Morgan fingerprint density at radius 3 is 2.58 bits per heavy atom. The predicted octanol–water partition coefficient (Wildman–Crippen LogP) is 2.16. The Kier molecular flexibility index (Phi) is 4.95. The molecule has 1 aromatic carbocycles. The summed E-state index contributed by atoms with van der Waals surface area (Å²) in [6.45, 7) is 0.637. The molecule has 19 heavy (non-hydrogen) atoms. The van der Waals surface area contributed by atoms with Crippen molar-refractivity contribution < 1.29 is 0 Å². The quantitative estimate of drug-likeness (QED) is 0.648. The number of nitrogens with one attached hydrogen (secondary N) is 1. The molecule has 5 heteroatoms. The Morgan fingerprint density at radius 1 is 1.11 bits per heavy atom. The lowest BCUT2D eigenvalue weighted by molar-refractivity contribution is 0.578. The highest BCUT2D eigenvalue weighted by Gasteiger charge is 2.01. The molecule has 0 aliphatic rings. The molecule has 0 aliphatic heterocycles. The number of halogens is 1. The SMILES string of the molecule is O=c1[nH]c(=O)n(CCCCc2ccccc2)cc1I. The number of H-pyrrole nitrogens is 1. The summed E-state index contributed by atoms with van der Waals surface area (Å²) in [5.41, 5.74) is 0.669. The molecule has 0 spiro atoms. The Balaban J connectivity index is 1.88. The average Bonchev–Trinajstić information content (AvgIpc) is 2.41. The van der Waals surface area contributed by atoms with Gasteiger partial charge in [0.15, 0.2) is 0 Å². The molecule has 1 heterocycles. The summed E-state index contributed by atoms with van der Waals surface area (Å²) >= 11 is 1.93. The average molecular weight is 370 g/mol. The molecule has 0 atom stereocenters. The second-order valence-electron chi connectivity index (χ2n) is 4.37. The smallest absolute Gasteiger partial charge is 0.300 e. The molecule has 0 bridgehead atoms. The van der Waals surface area contributed by atoms with Crippen molar-refractivity contribution in [1.29, 1.82) is 0 Å². The minimum absolute atomic E-state index is 0.314. The molecule has 2 aromatic rings. The topological polar surface area (TPSA) is 54.9 Å². The third-order valence-corrected chi connectivity index (χ3v) is 3.69. The number of benzene rings is 1. The normalized spacial score (nSPS) is 10.6. The molecule has 0 unspecified atom stereocenters. The van der Waals surface area contributed by atoms with E-state index in [-0.39, 0.29) is 11.2 Å². The summed E-state index contributed by atoms with van der Waals surface area (Å²) < 4.78 is 2.11. The lowest BCUT2D eigenvalue weighted by atomic mass is 10.1. The third kappa shape index (κ3) is 4.05. The lowest BCUT2D eigenvalue weighted by Gasteiger charge is -2.05. The highest BCUT2D eigenvalue weighted by Crippen LogP contribution is 2.05. The van der Waals surface area contributed by atoms with Gasteiger partial charge >= 0.3 is 5.69 Å². The third-order valence-electron chi connectivity index (χ3n) is 2.92. The Morgan fingerprint density at radius 2 is 1.84 bits per heavy atom. The van der Waals surface area contributed by atoms with Gasteiger partial charge in [-0.15, -0.1) is 0 Å². The molecule has 0 fully saturated rings. The van der Waals surface area contributed by atoms with E-state index in [0.717, 1.165) is 19.3 Å². The number of aryl methyl sites for hydroxylation is 2. The summed E-state index contributed by atoms with van der Waals surface area (Å²) in [6, 6.07) is 10.3. The first-order chi connectivity index (χ1) is 9.16. The first kappa shape index (κ1) is 14.0. The Bertz CT molecular complexity index is 646. The van der Waals surface area contributed by atoms with Crippen molar-refractivity contribution in [2.45, 2.75) is 25.8 Å². The van der Waals surface area contributed by atoms with Crippen LogP contribution in [-0.4, -0.2) is 9.55 Å². The summed E-state index contributed by atoms with van der Waals surface area (Å²) in [7, 11) is 0.